The fourth-order valence-electron chi connectivity index (χ4n) is 2.58. The van der Waals surface area contributed by atoms with Crippen LogP contribution in [0.15, 0.2) is 36.5 Å². The van der Waals surface area contributed by atoms with Gasteiger partial charge in [-0.15, -0.1) is 0 Å². The number of pyridine rings is 1. The van der Waals surface area contributed by atoms with Crippen LogP contribution < -0.4 is 9.47 Å². The number of aliphatic hydroxyl groups excluding tert-OH is 1. The molecule has 4 nitrogen and oxygen atoms in total. The van der Waals surface area contributed by atoms with Crippen LogP contribution in [0, 0.1) is 0 Å². The van der Waals surface area contributed by atoms with E-state index in [1.54, 1.807) is 25.3 Å². The molecule has 4 heteroatoms. The van der Waals surface area contributed by atoms with E-state index in [2.05, 4.69) is 18.8 Å². The maximum Gasteiger partial charge on any atom is 0.225 e. The lowest BCUT2D eigenvalue weighted by atomic mass is 10.0. The van der Waals surface area contributed by atoms with Crippen molar-refractivity contribution >= 4 is 0 Å². The Balaban J connectivity index is 1.97. The summed E-state index contributed by atoms with van der Waals surface area (Å²) in [7, 11) is 0. The summed E-state index contributed by atoms with van der Waals surface area (Å²) in [6.07, 6.45) is 1.86. The predicted molar refractivity (Wildman–Crippen MR) is 79.8 cm³/mol. The van der Waals surface area contributed by atoms with Gasteiger partial charge < -0.3 is 14.6 Å². The molecule has 1 aromatic carbocycles. The summed E-state index contributed by atoms with van der Waals surface area (Å²) in [5.74, 6) is 1.82. The van der Waals surface area contributed by atoms with Gasteiger partial charge in [-0.3, -0.25) is 0 Å². The molecule has 1 N–H and O–H groups in total. The molecule has 1 unspecified atom stereocenters. The quantitative estimate of drug-likeness (QED) is 0.935. The first-order chi connectivity index (χ1) is 9.96. The molecule has 0 fully saturated rings. The molecule has 0 radical (unpaired) electrons. The van der Waals surface area contributed by atoms with Gasteiger partial charge in [-0.05, 0) is 39.0 Å². The largest absolute Gasteiger partial charge is 0.483 e. The van der Waals surface area contributed by atoms with Crippen LogP contribution in [-0.2, 0) is 6.42 Å². The second kappa shape index (κ2) is 5.04. The highest BCUT2D eigenvalue weighted by atomic mass is 16.5. The fourth-order valence-corrected chi connectivity index (χ4v) is 2.58. The third kappa shape index (κ3) is 2.72. The number of ether oxygens (including phenoxy) is 2. The number of nitrogens with zero attached hydrogens (tertiary/aromatic N) is 1. The number of aromatic nitrogens is 1. The molecule has 0 bridgehead atoms. The van der Waals surface area contributed by atoms with E-state index >= 15 is 0 Å². The van der Waals surface area contributed by atoms with Crippen LogP contribution in [0.1, 0.15) is 38.0 Å². The Labute approximate surface area is 124 Å². The molecule has 0 saturated carbocycles. The molecule has 1 aliphatic heterocycles. The molecule has 1 aliphatic rings. The standard InChI is InChI=1S/C17H19NO3/c1-11(19)13-7-5-9-18-16(13)20-14-8-4-6-12-10-17(2,3)21-15(12)14/h4-9,11,19H,10H2,1-3H3. The summed E-state index contributed by atoms with van der Waals surface area (Å²) in [5, 5.41) is 9.81. The van der Waals surface area contributed by atoms with Crippen LogP contribution in [0.3, 0.4) is 0 Å². The molecular weight excluding hydrogens is 266 g/mol. The van der Waals surface area contributed by atoms with Crippen molar-refractivity contribution < 1.29 is 14.6 Å². The number of fused-ring (bicyclic) bond motifs is 1. The van der Waals surface area contributed by atoms with Gasteiger partial charge in [-0.1, -0.05) is 12.1 Å². The van der Waals surface area contributed by atoms with Gasteiger partial charge >= 0.3 is 0 Å². The minimum absolute atomic E-state index is 0.223. The molecule has 2 aromatic rings. The van der Waals surface area contributed by atoms with Gasteiger partial charge in [0, 0.05) is 23.7 Å². The van der Waals surface area contributed by atoms with Crippen molar-refractivity contribution in [3.05, 3.63) is 47.7 Å². The van der Waals surface area contributed by atoms with Crippen LogP contribution in [0.2, 0.25) is 0 Å². The van der Waals surface area contributed by atoms with Gasteiger partial charge in [0.05, 0.1) is 6.10 Å². The second-order valence-electron chi connectivity index (χ2n) is 5.96. The fraction of sp³-hybridized carbons (Fsp3) is 0.353. The maximum atomic E-state index is 9.81. The summed E-state index contributed by atoms with van der Waals surface area (Å²) < 4.78 is 11.9. The van der Waals surface area contributed by atoms with Crippen LogP contribution in [-0.4, -0.2) is 15.7 Å². The smallest absolute Gasteiger partial charge is 0.225 e. The van der Waals surface area contributed by atoms with E-state index in [0.29, 0.717) is 17.2 Å². The molecule has 0 spiro atoms. The molecule has 1 aromatic heterocycles. The van der Waals surface area contributed by atoms with Gasteiger partial charge in [0.2, 0.25) is 5.88 Å². The van der Waals surface area contributed by atoms with Crippen molar-refractivity contribution in [3.63, 3.8) is 0 Å². The third-order valence-corrected chi connectivity index (χ3v) is 3.51. The highest BCUT2D eigenvalue weighted by Gasteiger charge is 2.32. The van der Waals surface area contributed by atoms with Crippen LogP contribution >= 0.6 is 0 Å². The molecule has 110 valence electrons. The Kier molecular flexibility index (Phi) is 3.33. The lowest BCUT2D eigenvalue weighted by Gasteiger charge is -2.18. The zero-order valence-corrected chi connectivity index (χ0v) is 12.5. The lowest BCUT2D eigenvalue weighted by molar-refractivity contribution is 0.134. The first kappa shape index (κ1) is 13.9. The number of para-hydroxylation sites is 1. The van der Waals surface area contributed by atoms with E-state index in [1.807, 2.05) is 18.2 Å². The van der Waals surface area contributed by atoms with Crippen molar-refractivity contribution in [2.75, 3.05) is 0 Å². The maximum absolute atomic E-state index is 9.81. The number of aliphatic hydroxyl groups is 1. The van der Waals surface area contributed by atoms with E-state index in [-0.39, 0.29) is 5.60 Å². The van der Waals surface area contributed by atoms with Gasteiger partial charge in [0.15, 0.2) is 11.5 Å². The average Bonchev–Trinajstić information content (AvgIpc) is 2.74. The number of hydrogen-bond donors (Lipinski definition) is 1. The molecule has 0 amide bonds. The predicted octanol–water partition coefficient (Wildman–Crippen LogP) is 3.64. The van der Waals surface area contributed by atoms with Crippen LogP contribution in [0.25, 0.3) is 0 Å². The van der Waals surface area contributed by atoms with E-state index in [1.165, 1.54) is 0 Å². The summed E-state index contributed by atoms with van der Waals surface area (Å²) in [4.78, 5) is 4.22. The highest BCUT2D eigenvalue weighted by Crippen LogP contribution is 2.43. The first-order valence-electron chi connectivity index (χ1n) is 7.08. The first-order valence-corrected chi connectivity index (χ1v) is 7.08. The van der Waals surface area contributed by atoms with Crippen molar-refractivity contribution in [3.8, 4) is 17.4 Å². The van der Waals surface area contributed by atoms with E-state index in [9.17, 15) is 5.11 Å². The van der Waals surface area contributed by atoms with Gasteiger partial charge in [-0.2, -0.15) is 0 Å². The zero-order valence-electron chi connectivity index (χ0n) is 12.5. The van der Waals surface area contributed by atoms with Gasteiger partial charge in [0.1, 0.15) is 5.60 Å². The molecule has 21 heavy (non-hydrogen) atoms. The molecule has 0 saturated heterocycles. The van der Waals surface area contributed by atoms with Crippen molar-refractivity contribution in [1.29, 1.82) is 0 Å². The van der Waals surface area contributed by atoms with Gasteiger partial charge in [-0.25, -0.2) is 4.98 Å². The minimum atomic E-state index is -0.636. The number of hydrogen-bond acceptors (Lipinski definition) is 4. The van der Waals surface area contributed by atoms with Crippen LogP contribution in [0.4, 0.5) is 0 Å². The summed E-state index contributed by atoms with van der Waals surface area (Å²) in [5.41, 5.74) is 1.57. The molecular formula is C17H19NO3. The highest BCUT2D eigenvalue weighted by molar-refractivity contribution is 5.51. The Morgan fingerprint density at radius 2 is 2.10 bits per heavy atom. The SMILES string of the molecule is CC(O)c1cccnc1Oc1cccc2c1OC(C)(C)C2. The average molecular weight is 285 g/mol. The Morgan fingerprint density at radius 1 is 1.29 bits per heavy atom. The van der Waals surface area contributed by atoms with E-state index in [0.717, 1.165) is 17.7 Å². The normalized spacial score (nSPS) is 17.0. The Hall–Kier alpha value is -2.07. The number of benzene rings is 1. The topological polar surface area (TPSA) is 51.6 Å². The summed E-state index contributed by atoms with van der Waals surface area (Å²) in [6, 6.07) is 9.44. The summed E-state index contributed by atoms with van der Waals surface area (Å²) >= 11 is 0. The second-order valence-corrected chi connectivity index (χ2v) is 5.96. The third-order valence-electron chi connectivity index (χ3n) is 3.51. The number of rotatable bonds is 3. The monoisotopic (exact) mass is 285 g/mol. The Morgan fingerprint density at radius 3 is 2.86 bits per heavy atom. The van der Waals surface area contributed by atoms with E-state index < -0.39 is 6.10 Å². The van der Waals surface area contributed by atoms with Crippen molar-refractivity contribution in [2.45, 2.75) is 38.9 Å². The molecule has 1 atom stereocenters. The lowest BCUT2D eigenvalue weighted by Crippen LogP contribution is -2.24. The summed E-state index contributed by atoms with van der Waals surface area (Å²) in [6.45, 7) is 5.80. The zero-order chi connectivity index (χ0) is 15.0. The van der Waals surface area contributed by atoms with Gasteiger partial charge in [0.25, 0.3) is 0 Å². The Bertz CT molecular complexity index is 665. The minimum Gasteiger partial charge on any atom is -0.483 e. The van der Waals surface area contributed by atoms with E-state index in [4.69, 9.17) is 9.47 Å². The molecule has 0 aliphatic carbocycles. The molecule has 2 heterocycles. The van der Waals surface area contributed by atoms with Crippen molar-refractivity contribution in [2.24, 2.45) is 0 Å². The van der Waals surface area contributed by atoms with Crippen LogP contribution in [0.5, 0.6) is 17.4 Å². The van der Waals surface area contributed by atoms with Crippen molar-refractivity contribution in [1.82, 2.24) is 4.98 Å². The molecule has 3 rings (SSSR count).